The highest BCUT2D eigenvalue weighted by Crippen LogP contribution is 2.12. The fraction of sp³-hybridized carbons (Fsp3) is 0.500. The molecule has 0 heterocycles. The van der Waals surface area contributed by atoms with E-state index in [1.807, 2.05) is 0 Å². The van der Waals surface area contributed by atoms with Gasteiger partial charge in [0.1, 0.15) is 0 Å². The van der Waals surface area contributed by atoms with Crippen LogP contribution in [0, 0.1) is 23.0 Å². The van der Waals surface area contributed by atoms with Gasteiger partial charge in [0.15, 0.2) is 11.6 Å². The van der Waals surface area contributed by atoms with Crippen LogP contribution in [0.3, 0.4) is 0 Å². The molecule has 0 atom stereocenters. The van der Waals surface area contributed by atoms with Crippen molar-refractivity contribution in [1.29, 1.82) is 5.41 Å². The maximum absolute atomic E-state index is 13.2. The van der Waals surface area contributed by atoms with Crippen LogP contribution >= 0.6 is 0 Å². The smallest absolute Gasteiger partial charge is 0.159 e. The highest BCUT2D eigenvalue weighted by Gasteiger charge is 2.10. The van der Waals surface area contributed by atoms with E-state index in [1.54, 1.807) is 6.07 Å². The van der Waals surface area contributed by atoms with Gasteiger partial charge >= 0.3 is 0 Å². The average Bonchev–Trinajstić information content (AvgIpc) is 2.30. The second-order valence-corrected chi connectivity index (χ2v) is 5.15. The Hall–Kier alpha value is -1.49. The Morgan fingerprint density at radius 3 is 2.53 bits per heavy atom. The molecule has 0 bridgehead atoms. The summed E-state index contributed by atoms with van der Waals surface area (Å²) in [5.74, 6) is -1.06. The average molecular weight is 269 g/mol. The molecule has 1 aromatic rings. The maximum Gasteiger partial charge on any atom is 0.159 e. The predicted molar refractivity (Wildman–Crippen MR) is 73.0 cm³/mol. The quantitative estimate of drug-likeness (QED) is 0.590. The van der Waals surface area contributed by atoms with Crippen molar-refractivity contribution in [2.24, 2.45) is 11.7 Å². The van der Waals surface area contributed by atoms with E-state index in [0.717, 1.165) is 18.2 Å². The second kappa shape index (κ2) is 7.19. The molecule has 0 amide bonds. The van der Waals surface area contributed by atoms with Crippen LogP contribution in [-0.4, -0.2) is 23.8 Å². The Morgan fingerprint density at radius 2 is 2.00 bits per heavy atom. The molecule has 0 fully saturated rings. The first kappa shape index (κ1) is 15.6. The SMILES string of the molecule is CC(C)CN(CCC(=N)N)Cc1ccc(F)c(F)c1. The molecule has 0 spiro atoms. The van der Waals surface area contributed by atoms with Crippen molar-refractivity contribution in [3.63, 3.8) is 0 Å². The van der Waals surface area contributed by atoms with Crippen LogP contribution < -0.4 is 5.73 Å². The minimum Gasteiger partial charge on any atom is -0.388 e. The number of hydrogen-bond donors (Lipinski definition) is 2. The maximum atomic E-state index is 13.2. The normalized spacial score (nSPS) is 11.3. The van der Waals surface area contributed by atoms with E-state index in [9.17, 15) is 8.78 Å². The summed E-state index contributed by atoms with van der Waals surface area (Å²) in [7, 11) is 0. The summed E-state index contributed by atoms with van der Waals surface area (Å²) < 4.78 is 26.0. The largest absolute Gasteiger partial charge is 0.388 e. The molecule has 0 aliphatic heterocycles. The highest BCUT2D eigenvalue weighted by atomic mass is 19.2. The summed E-state index contributed by atoms with van der Waals surface area (Å²) in [6.45, 7) is 6.18. The van der Waals surface area contributed by atoms with Crippen LogP contribution in [0.5, 0.6) is 0 Å². The summed E-state index contributed by atoms with van der Waals surface area (Å²) in [6.07, 6.45) is 0.483. The van der Waals surface area contributed by atoms with Gasteiger partial charge in [0.25, 0.3) is 0 Å². The lowest BCUT2D eigenvalue weighted by Crippen LogP contribution is -2.31. The number of hydrogen-bond acceptors (Lipinski definition) is 2. The molecule has 3 nitrogen and oxygen atoms in total. The van der Waals surface area contributed by atoms with Crippen LogP contribution in [-0.2, 0) is 6.54 Å². The third-order valence-electron chi connectivity index (χ3n) is 2.71. The van der Waals surface area contributed by atoms with Crippen molar-refractivity contribution >= 4 is 5.84 Å². The highest BCUT2D eigenvalue weighted by molar-refractivity contribution is 5.76. The van der Waals surface area contributed by atoms with Crippen molar-refractivity contribution in [2.75, 3.05) is 13.1 Å². The predicted octanol–water partition coefficient (Wildman–Crippen LogP) is 2.75. The zero-order valence-electron chi connectivity index (χ0n) is 11.4. The molecule has 0 aromatic heterocycles. The molecule has 19 heavy (non-hydrogen) atoms. The monoisotopic (exact) mass is 269 g/mol. The second-order valence-electron chi connectivity index (χ2n) is 5.15. The van der Waals surface area contributed by atoms with E-state index in [0.29, 0.717) is 25.4 Å². The van der Waals surface area contributed by atoms with E-state index in [1.165, 1.54) is 6.07 Å². The van der Waals surface area contributed by atoms with Crippen molar-refractivity contribution in [3.8, 4) is 0 Å². The molecule has 5 heteroatoms. The molecular formula is C14H21F2N3. The van der Waals surface area contributed by atoms with Gasteiger partial charge in [-0.2, -0.15) is 0 Å². The van der Waals surface area contributed by atoms with Gasteiger partial charge < -0.3 is 5.73 Å². The van der Waals surface area contributed by atoms with Gasteiger partial charge in [0.2, 0.25) is 0 Å². The van der Waals surface area contributed by atoms with Crippen molar-refractivity contribution in [2.45, 2.75) is 26.8 Å². The molecule has 0 unspecified atom stereocenters. The van der Waals surface area contributed by atoms with Crippen molar-refractivity contribution in [1.82, 2.24) is 4.90 Å². The summed E-state index contributed by atoms with van der Waals surface area (Å²) in [5.41, 5.74) is 6.08. The van der Waals surface area contributed by atoms with Crippen molar-refractivity contribution in [3.05, 3.63) is 35.4 Å². The first-order valence-electron chi connectivity index (χ1n) is 6.37. The summed E-state index contributed by atoms with van der Waals surface area (Å²) in [5, 5.41) is 7.25. The Kier molecular flexibility index (Phi) is 5.89. The molecule has 1 rings (SSSR count). The number of amidine groups is 1. The fourth-order valence-corrected chi connectivity index (χ4v) is 1.93. The molecule has 0 aliphatic rings. The molecule has 106 valence electrons. The summed E-state index contributed by atoms with van der Waals surface area (Å²) in [6, 6.07) is 3.94. The standard InChI is InChI=1S/C14H21F2N3/c1-10(2)8-19(6-5-14(17)18)9-11-3-4-12(15)13(16)7-11/h3-4,7,10H,5-6,8-9H2,1-2H3,(H3,17,18). The number of halogens is 2. The third-order valence-corrected chi connectivity index (χ3v) is 2.71. The Labute approximate surface area is 112 Å². The molecule has 0 aliphatic carbocycles. The number of nitrogens with zero attached hydrogens (tertiary/aromatic N) is 1. The Bertz CT molecular complexity index is 433. The Morgan fingerprint density at radius 1 is 1.32 bits per heavy atom. The van der Waals surface area contributed by atoms with Crippen LogP contribution in [0.25, 0.3) is 0 Å². The number of rotatable bonds is 7. The van der Waals surface area contributed by atoms with Crippen LogP contribution in [0.4, 0.5) is 8.78 Å². The number of benzene rings is 1. The van der Waals surface area contributed by atoms with Gasteiger partial charge in [0, 0.05) is 26.1 Å². The van der Waals surface area contributed by atoms with Crippen LogP contribution in [0.2, 0.25) is 0 Å². The van der Waals surface area contributed by atoms with E-state index < -0.39 is 11.6 Å². The number of nitrogens with two attached hydrogens (primary N) is 1. The van der Waals surface area contributed by atoms with Gasteiger partial charge in [-0.15, -0.1) is 0 Å². The first-order chi connectivity index (χ1) is 8.88. The molecule has 0 saturated heterocycles. The number of nitrogens with one attached hydrogen (secondary N) is 1. The summed E-state index contributed by atoms with van der Waals surface area (Å²) in [4.78, 5) is 2.10. The van der Waals surface area contributed by atoms with Gasteiger partial charge in [-0.05, 0) is 23.6 Å². The van der Waals surface area contributed by atoms with Crippen LogP contribution in [0.15, 0.2) is 18.2 Å². The molecule has 0 saturated carbocycles. The van der Waals surface area contributed by atoms with Gasteiger partial charge in [-0.25, -0.2) is 8.78 Å². The molecular weight excluding hydrogens is 248 g/mol. The first-order valence-corrected chi connectivity index (χ1v) is 6.37. The molecule has 3 N–H and O–H groups in total. The molecule has 1 aromatic carbocycles. The zero-order valence-corrected chi connectivity index (χ0v) is 11.4. The Balaban J connectivity index is 2.69. The van der Waals surface area contributed by atoms with Gasteiger partial charge in [-0.3, -0.25) is 10.3 Å². The van der Waals surface area contributed by atoms with Crippen molar-refractivity contribution < 1.29 is 8.78 Å². The lowest BCUT2D eigenvalue weighted by atomic mass is 10.1. The van der Waals surface area contributed by atoms with E-state index in [4.69, 9.17) is 11.1 Å². The minimum atomic E-state index is -0.831. The lowest BCUT2D eigenvalue weighted by Gasteiger charge is -2.24. The van der Waals surface area contributed by atoms with Gasteiger partial charge in [-0.1, -0.05) is 19.9 Å². The summed E-state index contributed by atoms with van der Waals surface area (Å²) >= 11 is 0. The topological polar surface area (TPSA) is 53.1 Å². The van der Waals surface area contributed by atoms with E-state index in [2.05, 4.69) is 18.7 Å². The van der Waals surface area contributed by atoms with Gasteiger partial charge in [0.05, 0.1) is 5.84 Å². The zero-order chi connectivity index (χ0) is 14.4. The third kappa shape index (κ3) is 5.79. The van der Waals surface area contributed by atoms with E-state index in [-0.39, 0.29) is 5.84 Å². The van der Waals surface area contributed by atoms with E-state index >= 15 is 0 Å². The fourth-order valence-electron chi connectivity index (χ4n) is 1.93. The lowest BCUT2D eigenvalue weighted by molar-refractivity contribution is 0.242. The van der Waals surface area contributed by atoms with Crippen LogP contribution in [0.1, 0.15) is 25.8 Å². The molecule has 0 radical (unpaired) electrons. The minimum absolute atomic E-state index is 0.138.